The first kappa shape index (κ1) is 10.3. The lowest BCUT2D eigenvalue weighted by molar-refractivity contribution is 0.465. The van der Waals surface area contributed by atoms with Crippen molar-refractivity contribution in [3.8, 4) is 0 Å². The molecule has 0 aromatic heterocycles. The molecule has 5 heteroatoms. The van der Waals surface area contributed by atoms with Crippen molar-refractivity contribution in [2.45, 2.75) is 0 Å². The van der Waals surface area contributed by atoms with Gasteiger partial charge in [0.25, 0.3) is 0 Å². The molecule has 0 atom stereocenters. The summed E-state index contributed by atoms with van der Waals surface area (Å²) < 4.78 is 11.0. The van der Waals surface area contributed by atoms with Gasteiger partial charge in [-0.25, -0.2) is 0 Å². The number of hydrogen-bond acceptors (Lipinski definition) is 3. The molecular weight excluding hydrogens is 167 g/mol. The Morgan fingerprint density at radius 3 is 1.73 bits per heavy atom. The number of hydrogen-bond donors (Lipinski definition) is 3. The summed E-state index contributed by atoms with van der Waals surface area (Å²) in [4.78, 5) is 9.01. The molecule has 0 spiro atoms. The summed E-state index contributed by atoms with van der Waals surface area (Å²) in [5, 5.41) is 16.3. The van der Waals surface area contributed by atoms with Crippen LogP contribution in [0.25, 0.3) is 0 Å². The third kappa shape index (κ3) is 5.70. The van der Waals surface area contributed by atoms with Crippen molar-refractivity contribution < 1.29 is 19.7 Å². The standard InChI is InChI=1S/C6H11O4P/c7-3-1-5-11(9,10)6-2-4-8/h1-4,7-8H,5-6H2,(H,9,10). The van der Waals surface area contributed by atoms with Crippen molar-refractivity contribution >= 4 is 7.37 Å². The molecule has 0 saturated carbocycles. The average molecular weight is 178 g/mol. The summed E-state index contributed by atoms with van der Waals surface area (Å²) in [7, 11) is -3.22. The number of aliphatic hydroxyl groups excluding tert-OH is 2. The van der Waals surface area contributed by atoms with Gasteiger partial charge in [-0.2, -0.15) is 0 Å². The predicted molar refractivity (Wildman–Crippen MR) is 43.1 cm³/mol. The van der Waals surface area contributed by atoms with Gasteiger partial charge in [-0.1, -0.05) is 0 Å². The van der Waals surface area contributed by atoms with Crippen molar-refractivity contribution in [1.29, 1.82) is 0 Å². The van der Waals surface area contributed by atoms with E-state index in [9.17, 15) is 4.57 Å². The highest BCUT2D eigenvalue weighted by atomic mass is 31.2. The number of allylic oxidation sites excluding steroid dienone is 2. The second-order valence-electron chi connectivity index (χ2n) is 1.98. The average Bonchev–Trinajstić information content (AvgIpc) is 1.97. The molecule has 4 nitrogen and oxygen atoms in total. The minimum absolute atomic E-state index is 0.0756. The lowest BCUT2D eigenvalue weighted by Crippen LogP contribution is -1.88. The molecule has 0 heterocycles. The van der Waals surface area contributed by atoms with E-state index < -0.39 is 7.37 Å². The first-order valence-electron chi connectivity index (χ1n) is 3.01. The number of aliphatic hydroxyl groups is 2. The molecule has 0 aliphatic heterocycles. The minimum atomic E-state index is -3.22. The van der Waals surface area contributed by atoms with Crippen molar-refractivity contribution in [2.75, 3.05) is 12.3 Å². The monoisotopic (exact) mass is 178 g/mol. The van der Waals surface area contributed by atoms with E-state index in [1.54, 1.807) is 0 Å². The molecule has 0 aromatic carbocycles. The number of rotatable bonds is 4. The van der Waals surface area contributed by atoms with Gasteiger partial charge in [-0.15, -0.1) is 0 Å². The molecule has 0 aliphatic rings. The van der Waals surface area contributed by atoms with Crippen molar-refractivity contribution in [1.82, 2.24) is 0 Å². The zero-order valence-electron chi connectivity index (χ0n) is 5.92. The highest BCUT2D eigenvalue weighted by Crippen LogP contribution is 2.39. The second kappa shape index (κ2) is 4.99. The van der Waals surface area contributed by atoms with Crippen LogP contribution < -0.4 is 0 Å². The lowest BCUT2D eigenvalue weighted by atomic mass is 10.7. The molecule has 64 valence electrons. The van der Waals surface area contributed by atoms with E-state index in [4.69, 9.17) is 15.1 Å². The van der Waals surface area contributed by atoms with Crippen LogP contribution in [0.5, 0.6) is 0 Å². The lowest BCUT2D eigenvalue weighted by Gasteiger charge is -2.03. The fourth-order valence-corrected chi connectivity index (χ4v) is 1.49. The van der Waals surface area contributed by atoms with E-state index in [2.05, 4.69) is 0 Å². The van der Waals surface area contributed by atoms with E-state index in [0.29, 0.717) is 0 Å². The maximum Gasteiger partial charge on any atom is 0.208 e. The second-order valence-corrected chi connectivity index (χ2v) is 4.40. The van der Waals surface area contributed by atoms with Crippen molar-refractivity contribution in [3.63, 3.8) is 0 Å². The Morgan fingerprint density at radius 1 is 1.09 bits per heavy atom. The Hall–Kier alpha value is -0.730. The molecule has 0 rings (SSSR count). The maximum absolute atomic E-state index is 11.0. The van der Waals surface area contributed by atoms with Gasteiger partial charge in [0.15, 0.2) is 0 Å². The van der Waals surface area contributed by atoms with Crippen LogP contribution in [0.3, 0.4) is 0 Å². The van der Waals surface area contributed by atoms with Crippen LogP contribution in [0.2, 0.25) is 0 Å². The highest BCUT2D eigenvalue weighted by Gasteiger charge is 2.13. The van der Waals surface area contributed by atoms with E-state index in [0.717, 1.165) is 12.5 Å². The summed E-state index contributed by atoms with van der Waals surface area (Å²) >= 11 is 0. The first-order valence-corrected chi connectivity index (χ1v) is 5.04. The Labute approximate surface area is 64.9 Å². The van der Waals surface area contributed by atoms with Crippen LogP contribution in [0.4, 0.5) is 0 Å². The molecule has 0 aromatic rings. The van der Waals surface area contributed by atoms with Crippen molar-refractivity contribution in [2.24, 2.45) is 0 Å². The van der Waals surface area contributed by atoms with Gasteiger partial charge in [-0.05, 0) is 12.2 Å². The fraction of sp³-hybridized carbons (Fsp3) is 0.333. The smallest absolute Gasteiger partial charge is 0.208 e. The zero-order valence-corrected chi connectivity index (χ0v) is 6.82. The van der Waals surface area contributed by atoms with Crippen LogP contribution in [-0.2, 0) is 4.57 Å². The van der Waals surface area contributed by atoms with Gasteiger partial charge < -0.3 is 15.1 Å². The van der Waals surface area contributed by atoms with Gasteiger partial charge >= 0.3 is 0 Å². The molecule has 0 saturated heterocycles. The van der Waals surface area contributed by atoms with Crippen LogP contribution in [0.1, 0.15) is 0 Å². The van der Waals surface area contributed by atoms with Gasteiger partial charge in [-0.3, -0.25) is 4.57 Å². The molecule has 0 bridgehead atoms. The van der Waals surface area contributed by atoms with Crippen LogP contribution >= 0.6 is 7.37 Å². The first-order chi connectivity index (χ1) is 5.12. The van der Waals surface area contributed by atoms with Gasteiger partial charge in [0.05, 0.1) is 12.5 Å². The van der Waals surface area contributed by atoms with E-state index in [1.807, 2.05) is 0 Å². The molecule has 11 heavy (non-hydrogen) atoms. The molecule has 0 aliphatic carbocycles. The topological polar surface area (TPSA) is 77.8 Å². The summed E-state index contributed by atoms with van der Waals surface area (Å²) in [5.74, 6) is 0. The Morgan fingerprint density at radius 2 is 1.45 bits per heavy atom. The molecule has 0 amide bonds. The Balaban J connectivity index is 3.90. The van der Waals surface area contributed by atoms with E-state index in [-0.39, 0.29) is 12.3 Å². The fourth-order valence-electron chi connectivity index (χ4n) is 0.498. The molecule has 0 fully saturated rings. The third-order valence-corrected chi connectivity index (χ3v) is 2.55. The molecule has 3 N–H and O–H groups in total. The molecule has 0 unspecified atom stereocenters. The van der Waals surface area contributed by atoms with Crippen LogP contribution in [-0.4, -0.2) is 27.4 Å². The molecule has 0 radical (unpaired) electrons. The van der Waals surface area contributed by atoms with Gasteiger partial charge in [0.2, 0.25) is 7.37 Å². The van der Waals surface area contributed by atoms with Crippen LogP contribution in [0, 0.1) is 0 Å². The van der Waals surface area contributed by atoms with Crippen LogP contribution in [0.15, 0.2) is 24.7 Å². The van der Waals surface area contributed by atoms with E-state index >= 15 is 0 Å². The molecular formula is C6H11O4P. The predicted octanol–water partition coefficient (Wildman–Crippen LogP) is 1.40. The largest absolute Gasteiger partial charge is 0.516 e. The quantitative estimate of drug-likeness (QED) is 0.449. The SMILES string of the molecule is O=P(O)(CC=CO)CC=CO. The summed E-state index contributed by atoms with van der Waals surface area (Å²) in [5.41, 5.74) is 0. The minimum Gasteiger partial charge on any atom is -0.516 e. The Kier molecular flexibility index (Phi) is 4.66. The van der Waals surface area contributed by atoms with Gasteiger partial charge in [0.1, 0.15) is 0 Å². The highest BCUT2D eigenvalue weighted by molar-refractivity contribution is 7.58. The third-order valence-electron chi connectivity index (χ3n) is 0.992. The zero-order chi connectivity index (χ0) is 8.74. The van der Waals surface area contributed by atoms with E-state index in [1.165, 1.54) is 12.2 Å². The summed E-state index contributed by atoms with van der Waals surface area (Å²) in [6.45, 7) is 0. The van der Waals surface area contributed by atoms with Gasteiger partial charge in [0, 0.05) is 12.3 Å². The Bertz CT molecular complexity index is 179. The maximum atomic E-state index is 11.0. The summed E-state index contributed by atoms with van der Waals surface area (Å²) in [6, 6.07) is 0. The summed E-state index contributed by atoms with van der Waals surface area (Å²) in [6.07, 6.45) is 3.71. The normalized spacial score (nSPS) is 17.5. The van der Waals surface area contributed by atoms with Crippen molar-refractivity contribution in [3.05, 3.63) is 24.7 Å².